The van der Waals surface area contributed by atoms with Gasteiger partial charge in [0.05, 0.1) is 6.20 Å². The van der Waals surface area contributed by atoms with Crippen LogP contribution < -0.4 is 0 Å². The van der Waals surface area contributed by atoms with E-state index in [4.69, 9.17) is 9.52 Å². The third kappa shape index (κ3) is 2.58. The summed E-state index contributed by atoms with van der Waals surface area (Å²) >= 11 is 0. The summed E-state index contributed by atoms with van der Waals surface area (Å²) in [6.45, 7) is 1.91. The van der Waals surface area contributed by atoms with Gasteiger partial charge in [-0.2, -0.15) is 5.10 Å². The molecule has 3 aromatic rings. The van der Waals surface area contributed by atoms with Gasteiger partial charge < -0.3 is 9.52 Å². The second-order valence-corrected chi connectivity index (χ2v) is 4.76. The van der Waals surface area contributed by atoms with E-state index in [0.717, 1.165) is 11.1 Å². The molecule has 3 rings (SSSR count). The van der Waals surface area contributed by atoms with Crippen LogP contribution in [0.15, 0.2) is 59.3 Å². The van der Waals surface area contributed by atoms with E-state index in [0.29, 0.717) is 5.76 Å². The van der Waals surface area contributed by atoms with Crippen molar-refractivity contribution in [3.8, 4) is 11.1 Å². The van der Waals surface area contributed by atoms with Gasteiger partial charge >= 0.3 is 5.97 Å². The van der Waals surface area contributed by atoms with Crippen LogP contribution in [0.25, 0.3) is 11.1 Å². The Hall–Kier alpha value is -2.82. The fourth-order valence-corrected chi connectivity index (χ4v) is 2.15. The quantitative estimate of drug-likeness (QED) is 0.795. The summed E-state index contributed by atoms with van der Waals surface area (Å²) in [7, 11) is 0. The van der Waals surface area contributed by atoms with Crippen LogP contribution >= 0.6 is 0 Å². The van der Waals surface area contributed by atoms with Gasteiger partial charge in [-0.1, -0.05) is 30.3 Å². The molecule has 0 saturated heterocycles. The van der Waals surface area contributed by atoms with E-state index in [1.165, 1.54) is 6.07 Å². The Kier molecular flexibility index (Phi) is 3.31. The first-order valence-electron chi connectivity index (χ1n) is 6.58. The van der Waals surface area contributed by atoms with Crippen molar-refractivity contribution in [3.05, 3.63) is 66.4 Å². The zero-order valence-corrected chi connectivity index (χ0v) is 11.4. The first-order chi connectivity index (χ1) is 10.1. The molecule has 5 nitrogen and oxygen atoms in total. The number of hydrogen-bond donors (Lipinski definition) is 1. The largest absolute Gasteiger partial charge is 0.475 e. The van der Waals surface area contributed by atoms with Crippen LogP contribution in [0.5, 0.6) is 0 Å². The number of carboxylic acids is 1. The van der Waals surface area contributed by atoms with Gasteiger partial charge in [-0.3, -0.25) is 4.68 Å². The highest BCUT2D eigenvalue weighted by Gasteiger charge is 2.16. The summed E-state index contributed by atoms with van der Waals surface area (Å²) in [5, 5.41) is 13.2. The highest BCUT2D eigenvalue weighted by atomic mass is 16.4. The zero-order valence-electron chi connectivity index (χ0n) is 11.4. The van der Waals surface area contributed by atoms with Crippen LogP contribution in [0, 0.1) is 0 Å². The van der Waals surface area contributed by atoms with E-state index < -0.39 is 5.97 Å². The normalized spacial score (nSPS) is 12.2. The number of nitrogens with zero attached hydrogens (tertiary/aromatic N) is 2. The maximum atomic E-state index is 10.8. The average molecular weight is 282 g/mol. The van der Waals surface area contributed by atoms with E-state index in [1.54, 1.807) is 16.9 Å². The van der Waals surface area contributed by atoms with Gasteiger partial charge in [0.25, 0.3) is 0 Å². The van der Waals surface area contributed by atoms with Crippen molar-refractivity contribution in [2.75, 3.05) is 0 Å². The van der Waals surface area contributed by atoms with Gasteiger partial charge in [0.2, 0.25) is 5.76 Å². The maximum Gasteiger partial charge on any atom is 0.371 e. The van der Waals surface area contributed by atoms with Crippen molar-refractivity contribution in [2.24, 2.45) is 0 Å². The molecule has 21 heavy (non-hydrogen) atoms. The van der Waals surface area contributed by atoms with Crippen LogP contribution in [-0.4, -0.2) is 20.9 Å². The van der Waals surface area contributed by atoms with Crippen molar-refractivity contribution in [1.82, 2.24) is 9.78 Å². The van der Waals surface area contributed by atoms with E-state index >= 15 is 0 Å². The van der Waals surface area contributed by atoms with Gasteiger partial charge in [0.1, 0.15) is 11.8 Å². The molecule has 1 N–H and O–H groups in total. The lowest BCUT2D eigenvalue weighted by molar-refractivity contribution is 0.0659. The first kappa shape index (κ1) is 13.2. The molecule has 0 aliphatic rings. The summed E-state index contributed by atoms with van der Waals surface area (Å²) < 4.78 is 7.07. The Morgan fingerprint density at radius 2 is 1.95 bits per heavy atom. The van der Waals surface area contributed by atoms with E-state index in [-0.39, 0.29) is 11.8 Å². The minimum absolute atomic E-state index is 0.0627. The van der Waals surface area contributed by atoms with E-state index in [9.17, 15) is 4.79 Å². The second-order valence-electron chi connectivity index (χ2n) is 4.76. The zero-order chi connectivity index (χ0) is 14.8. The molecule has 0 spiro atoms. The molecule has 106 valence electrons. The van der Waals surface area contributed by atoms with Crippen molar-refractivity contribution in [1.29, 1.82) is 0 Å². The van der Waals surface area contributed by atoms with Crippen LogP contribution in [0.4, 0.5) is 0 Å². The number of aromatic carboxylic acids is 1. The number of carbonyl (C=O) groups is 1. The molecule has 0 fully saturated rings. The summed E-state index contributed by atoms with van der Waals surface area (Å²) in [6, 6.07) is 12.9. The van der Waals surface area contributed by atoms with Crippen LogP contribution in [0.2, 0.25) is 0 Å². The van der Waals surface area contributed by atoms with Crippen molar-refractivity contribution in [2.45, 2.75) is 13.0 Å². The molecule has 0 aliphatic carbocycles. The smallest absolute Gasteiger partial charge is 0.371 e. The molecule has 1 atom stereocenters. The van der Waals surface area contributed by atoms with E-state index in [1.807, 2.05) is 43.5 Å². The summed E-state index contributed by atoms with van der Waals surface area (Å²) in [5.74, 6) is -0.568. The predicted octanol–water partition coefficient (Wildman–Crippen LogP) is 3.45. The predicted molar refractivity (Wildman–Crippen MR) is 77.1 cm³/mol. The molecule has 0 aliphatic heterocycles. The number of benzene rings is 1. The van der Waals surface area contributed by atoms with Crippen molar-refractivity contribution >= 4 is 5.97 Å². The van der Waals surface area contributed by atoms with Crippen LogP contribution in [-0.2, 0) is 0 Å². The second kappa shape index (κ2) is 5.28. The number of aromatic nitrogens is 2. The number of carboxylic acid groups (broad SMARTS) is 1. The summed E-state index contributed by atoms with van der Waals surface area (Å²) in [6.07, 6.45) is 3.70. The standard InChI is InChI=1S/C16H14N2O3/c1-11(14-7-8-15(21-14)16(19)20)18-10-13(9-17-18)12-5-3-2-4-6-12/h2-11H,1H3,(H,19,20). The number of hydrogen-bond acceptors (Lipinski definition) is 3. The van der Waals surface area contributed by atoms with Crippen molar-refractivity contribution in [3.63, 3.8) is 0 Å². The van der Waals surface area contributed by atoms with Gasteiger partial charge in [0.15, 0.2) is 0 Å². The fourth-order valence-electron chi connectivity index (χ4n) is 2.15. The highest BCUT2D eigenvalue weighted by molar-refractivity contribution is 5.84. The Morgan fingerprint density at radius 1 is 1.19 bits per heavy atom. The van der Waals surface area contributed by atoms with Crippen molar-refractivity contribution < 1.29 is 14.3 Å². The maximum absolute atomic E-state index is 10.8. The minimum Gasteiger partial charge on any atom is -0.475 e. The lowest BCUT2D eigenvalue weighted by atomic mass is 10.1. The molecule has 0 bridgehead atoms. The van der Waals surface area contributed by atoms with Gasteiger partial charge in [0, 0.05) is 11.8 Å². The van der Waals surface area contributed by atoms with E-state index in [2.05, 4.69) is 5.10 Å². The van der Waals surface area contributed by atoms with Gasteiger partial charge in [-0.05, 0) is 24.6 Å². The third-order valence-electron chi connectivity index (χ3n) is 3.35. The molecule has 0 radical (unpaired) electrons. The Morgan fingerprint density at radius 3 is 2.62 bits per heavy atom. The van der Waals surface area contributed by atoms with Gasteiger partial charge in [-0.25, -0.2) is 4.79 Å². The highest BCUT2D eigenvalue weighted by Crippen LogP contribution is 2.24. The molecule has 0 amide bonds. The Balaban J connectivity index is 1.87. The average Bonchev–Trinajstić information content (AvgIpc) is 3.17. The number of rotatable bonds is 4. The summed E-state index contributed by atoms with van der Waals surface area (Å²) in [5.41, 5.74) is 2.09. The number of furan rings is 1. The molecular weight excluding hydrogens is 268 g/mol. The lowest BCUT2D eigenvalue weighted by Gasteiger charge is -2.08. The monoisotopic (exact) mass is 282 g/mol. The lowest BCUT2D eigenvalue weighted by Crippen LogP contribution is -2.06. The van der Waals surface area contributed by atoms with Gasteiger partial charge in [-0.15, -0.1) is 0 Å². The SMILES string of the molecule is CC(c1ccc(C(=O)O)o1)n1cc(-c2ccccc2)cn1. The topological polar surface area (TPSA) is 68.3 Å². The fraction of sp³-hybridized carbons (Fsp3) is 0.125. The molecule has 5 heteroatoms. The molecular formula is C16H14N2O3. The first-order valence-corrected chi connectivity index (χ1v) is 6.58. The molecule has 2 aromatic heterocycles. The third-order valence-corrected chi connectivity index (χ3v) is 3.35. The van der Waals surface area contributed by atoms with Crippen LogP contribution in [0.1, 0.15) is 29.3 Å². The van der Waals surface area contributed by atoms with Crippen LogP contribution in [0.3, 0.4) is 0 Å². The Bertz CT molecular complexity index is 759. The minimum atomic E-state index is -1.07. The Labute approximate surface area is 121 Å². The molecule has 1 aromatic carbocycles. The summed E-state index contributed by atoms with van der Waals surface area (Å²) in [4.78, 5) is 10.8. The molecule has 2 heterocycles. The molecule has 0 saturated carbocycles. The molecule has 1 unspecified atom stereocenters.